The van der Waals surface area contributed by atoms with Crippen LogP contribution in [0.1, 0.15) is 23.2 Å². The van der Waals surface area contributed by atoms with Crippen LogP contribution in [-0.2, 0) is 19.9 Å². The second-order valence-electron chi connectivity index (χ2n) is 7.07. The Morgan fingerprint density at radius 1 is 1.00 bits per heavy atom. The molecule has 2 aromatic heterocycles. The predicted molar refractivity (Wildman–Crippen MR) is 112 cm³/mol. The van der Waals surface area contributed by atoms with Crippen molar-refractivity contribution < 1.29 is 0 Å². The second kappa shape index (κ2) is 7.23. The van der Waals surface area contributed by atoms with Gasteiger partial charge in [0.05, 0.1) is 5.52 Å². The molecule has 0 bridgehead atoms. The first-order chi connectivity index (χ1) is 13.1. The molecule has 0 amide bonds. The monoisotopic (exact) mass is 356 g/mol. The first-order valence-corrected chi connectivity index (χ1v) is 9.34. The normalized spacial score (nSPS) is 11.2. The van der Waals surface area contributed by atoms with Gasteiger partial charge in [0, 0.05) is 35.6 Å². The highest BCUT2D eigenvalue weighted by molar-refractivity contribution is 5.95. The molecule has 0 atom stereocenters. The fourth-order valence-corrected chi connectivity index (χ4v) is 3.61. The third-order valence-corrected chi connectivity index (χ3v) is 5.04. The number of benzene rings is 2. The Morgan fingerprint density at radius 2 is 1.81 bits per heavy atom. The number of aryl methyl sites for hydroxylation is 4. The number of hydrogen-bond acceptors (Lipinski definition) is 3. The van der Waals surface area contributed by atoms with Gasteiger partial charge in [0.25, 0.3) is 0 Å². The molecule has 0 saturated heterocycles. The predicted octanol–water partition coefficient (Wildman–Crippen LogP) is 4.70. The van der Waals surface area contributed by atoms with Gasteiger partial charge in [0.1, 0.15) is 5.69 Å². The van der Waals surface area contributed by atoms with Gasteiger partial charge in [-0.15, -0.1) is 0 Å². The molecule has 0 aliphatic carbocycles. The third-order valence-electron chi connectivity index (χ3n) is 5.04. The zero-order chi connectivity index (χ0) is 18.8. The summed E-state index contributed by atoms with van der Waals surface area (Å²) in [5.74, 6) is 0. The van der Waals surface area contributed by atoms with Crippen molar-refractivity contribution in [3.63, 3.8) is 0 Å². The largest absolute Gasteiger partial charge is 0.398 e. The highest BCUT2D eigenvalue weighted by Crippen LogP contribution is 2.31. The lowest BCUT2D eigenvalue weighted by Crippen LogP contribution is -1.97. The molecule has 0 radical (unpaired) electrons. The fraction of sp³-hybridized carbons (Fsp3) is 0.217. The van der Waals surface area contributed by atoms with Crippen molar-refractivity contribution in [1.82, 2.24) is 14.8 Å². The lowest BCUT2D eigenvalue weighted by molar-refractivity contribution is 0.800. The Labute approximate surface area is 159 Å². The summed E-state index contributed by atoms with van der Waals surface area (Å²) in [5, 5.41) is 5.89. The summed E-state index contributed by atoms with van der Waals surface area (Å²) in [4.78, 5) is 4.30. The van der Waals surface area contributed by atoms with Gasteiger partial charge in [-0.05, 0) is 61.6 Å². The molecule has 0 saturated carbocycles. The topological polar surface area (TPSA) is 56.7 Å². The van der Waals surface area contributed by atoms with E-state index in [1.807, 2.05) is 30.9 Å². The maximum Gasteiger partial charge on any atom is 0.100 e. The van der Waals surface area contributed by atoms with Gasteiger partial charge < -0.3 is 5.73 Å². The van der Waals surface area contributed by atoms with E-state index in [2.05, 4.69) is 53.5 Å². The summed E-state index contributed by atoms with van der Waals surface area (Å²) in [6.07, 6.45) is 4.93. The number of fused-ring (bicyclic) bond motifs is 1. The van der Waals surface area contributed by atoms with Crippen LogP contribution in [0.2, 0.25) is 0 Å². The number of anilines is 1. The van der Waals surface area contributed by atoms with E-state index < -0.39 is 0 Å². The SMILES string of the molecule is Cc1cc(-c2nn(C)c3cc(N)c(CCCc4ccccc4)cc23)ccn1. The molecular formula is C23H24N4. The Morgan fingerprint density at radius 3 is 2.59 bits per heavy atom. The highest BCUT2D eigenvalue weighted by Gasteiger charge is 2.14. The molecule has 0 aliphatic heterocycles. The lowest BCUT2D eigenvalue weighted by Gasteiger charge is -2.08. The quantitative estimate of drug-likeness (QED) is 0.527. The van der Waals surface area contributed by atoms with Crippen LogP contribution in [-0.4, -0.2) is 14.8 Å². The van der Waals surface area contributed by atoms with Crippen molar-refractivity contribution in [2.24, 2.45) is 7.05 Å². The molecule has 0 unspecified atom stereocenters. The number of rotatable bonds is 5. The van der Waals surface area contributed by atoms with Crippen molar-refractivity contribution in [2.45, 2.75) is 26.2 Å². The summed E-state index contributed by atoms with van der Waals surface area (Å²) >= 11 is 0. The van der Waals surface area contributed by atoms with Crippen molar-refractivity contribution >= 4 is 16.6 Å². The molecule has 4 heteroatoms. The van der Waals surface area contributed by atoms with Gasteiger partial charge in [0.15, 0.2) is 0 Å². The standard InChI is InChI=1S/C23H24N4/c1-16-13-19(11-12-25-16)23-20-14-18(21(24)15-22(20)27(2)26-23)10-6-9-17-7-4-3-5-8-17/h3-5,7-8,11-15H,6,9-10,24H2,1-2H3. The average Bonchev–Trinajstić information content (AvgIpc) is 2.99. The van der Waals surface area contributed by atoms with E-state index in [0.29, 0.717) is 0 Å². The summed E-state index contributed by atoms with van der Waals surface area (Å²) in [7, 11) is 1.97. The molecule has 4 rings (SSSR count). The minimum atomic E-state index is 0.844. The van der Waals surface area contributed by atoms with Crippen molar-refractivity contribution in [3.8, 4) is 11.3 Å². The van der Waals surface area contributed by atoms with E-state index in [1.54, 1.807) is 0 Å². The Hall–Kier alpha value is -3.14. The smallest absolute Gasteiger partial charge is 0.100 e. The van der Waals surface area contributed by atoms with Crippen molar-refractivity contribution in [2.75, 3.05) is 5.73 Å². The van der Waals surface area contributed by atoms with Crippen LogP contribution in [0, 0.1) is 6.92 Å². The van der Waals surface area contributed by atoms with Gasteiger partial charge in [-0.3, -0.25) is 9.67 Å². The number of nitrogen functional groups attached to an aromatic ring is 1. The minimum Gasteiger partial charge on any atom is -0.398 e. The van der Waals surface area contributed by atoms with E-state index in [1.165, 1.54) is 11.1 Å². The van der Waals surface area contributed by atoms with Gasteiger partial charge in [-0.25, -0.2) is 0 Å². The number of nitrogens with zero attached hydrogens (tertiary/aromatic N) is 3. The number of pyridine rings is 1. The summed E-state index contributed by atoms with van der Waals surface area (Å²) in [6.45, 7) is 2.00. The van der Waals surface area contributed by atoms with Gasteiger partial charge in [0.2, 0.25) is 0 Å². The molecule has 2 aromatic carbocycles. The Kier molecular flexibility index (Phi) is 4.63. The van der Waals surface area contributed by atoms with E-state index in [4.69, 9.17) is 10.8 Å². The van der Waals surface area contributed by atoms with Gasteiger partial charge in [-0.2, -0.15) is 5.10 Å². The zero-order valence-electron chi connectivity index (χ0n) is 15.8. The first kappa shape index (κ1) is 17.3. The van der Waals surface area contributed by atoms with Crippen molar-refractivity contribution in [3.05, 3.63) is 77.6 Å². The lowest BCUT2D eigenvalue weighted by atomic mass is 9.99. The molecule has 27 heavy (non-hydrogen) atoms. The molecule has 136 valence electrons. The Balaban J connectivity index is 1.66. The van der Waals surface area contributed by atoms with Crippen LogP contribution >= 0.6 is 0 Å². The van der Waals surface area contributed by atoms with E-state index >= 15 is 0 Å². The third kappa shape index (κ3) is 3.56. The fourth-order valence-electron chi connectivity index (χ4n) is 3.61. The van der Waals surface area contributed by atoms with Crippen LogP contribution in [0.15, 0.2) is 60.8 Å². The van der Waals surface area contributed by atoms with Crippen molar-refractivity contribution in [1.29, 1.82) is 0 Å². The van der Waals surface area contributed by atoms with Crippen LogP contribution in [0.3, 0.4) is 0 Å². The van der Waals surface area contributed by atoms with Gasteiger partial charge >= 0.3 is 0 Å². The van der Waals surface area contributed by atoms with Crippen LogP contribution < -0.4 is 5.73 Å². The summed E-state index contributed by atoms with van der Waals surface area (Å²) < 4.78 is 1.91. The molecule has 0 fully saturated rings. The van der Waals surface area contributed by atoms with E-state index in [9.17, 15) is 0 Å². The maximum absolute atomic E-state index is 6.36. The molecule has 0 spiro atoms. The molecule has 4 nitrogen and oxygen atoms in total. The van der Waals surface area contributed by atoms with Crippen LogP contribution in [0.4, 0.5) is 5.69 Å². The number of hydrogen-bond donors (Lipinski definition) is 1. The van der Waals surface area contributed by atoms with Crippen LogP contribution in [0.5, 0.6) is 0 Å². The first-order valence-electron chi connectivity index (χ1n) is 9.34. The number of aromatic nitrogens is 3. The average molecular weight is 356 g/mol. The molecule has 4 aromatic rings. The molecule has 0 aliphatic rings. The zero-order valence-corrected chi connectivity index (χ0v) is 15.8. The van der Waals surface area contributed by atoms with Gasteiger partial charge in [-0.1, -0.05) is 30.3 Å². The maximum atomic E-state index is 6.36. The Bertz CT molecular complexity index is 1080. The minimum absolute atomic E-state index is 0.844. The molecule has 2 N–H and O–H groups in total. The highest BCUT2D eigenvalue weighted by atomic mass is 15.3. The second-order valence-corrected chi connectivity index (χ2v) is 7.07. The van der Waals surface area contributed by atoms with E-state index in [0.717, 1.165) is 52.8 Å². The summed E-state index contributed by atoms with van der Waals surface area (Å²) in [6, 6.07) is 19.0. The summed E-state index contributed by atoms with van der Waals surface area (Å²) in [5.41, 5.74) is 13.9. The van der Waals surface area contributed by atoms with E-state index in [-0.39, 0.29) is 0 Å². The molecule has 2 heterocycles. The van der Waals surface area contributed by atoms with Crippen LogP contribution in [0.25, 0.3) is 22.2 Å². The molecular weight excluding hydrogens is 332 g/mol. The number of nitrogens with two attached hydrogens (primary N) is 1.